The summed E-state index contributed by atoms with van der Waals surface area (Å²) in [7, 11) is 0. The average molecular weight is 259 g/mol. The molecule has 0 aliphatic carbocycles. The third-order valence-electron chi connectivity index (χ3n) is 2.92. The number of hydrogen-bond acceptors (Lipinski definition) is 2. The largest absolute Gasteiger partial charge is 0.392 e. The molecule has 0 aliphatic rings. The molecule has 0 saturated heterocycles. The Kier molecular flexibility index (Phi) is 2.78. The molecule has 0 unspecified atom stereocenters. The van der Waals surface area contributed by atoms with Crippen molar-refractivity contribution in [2.75, 3.05) is 0 Å². The molecule has 0 bridgehead atoms. The number of rotatable bonds is 2. The smallest absolute Gasteiger partial charge is 0.0741 e. The summed E-state index contributed by atoms with van der Waals surface area (Å²) < 4.78 is 1.82. The first-order valence-electron chi connectivity index (χ1n) is 5.62. The van der Waals surface area contributed by atoms with Gasteiger partial charge in [0.15, 0.2) is 0 Å². The fourth-order valence-electron chi connectivity index (χ4n) is 2.05. The zero-order valence-corrected chi connectivity index (χ0v) is 10.3. The van der Waals surface area contributed by atoms with Gasteiger partial charge in [0.1, 0.15) is 0 Å². The first kappa shape index (κ1) is 11.3. The third kappa shape index (κ3) is 1.78. The maximum atomic E-state index is 9.41. The van der Waals surface area contributed by atoms with E-state index in [1.807, 2.05) is 41.2 Å². The molecule has 0 atom stereocenters. The number of fused-ring (bicyclic) bond motifs is 1. The van der Waals surface area contributed by atoms with Gasteiger partial charge in [-0.25, -0.2) is 4.68 Å². The fourth-order valence-corrected chi connectivity index (χ4v) is 2.25. The number of benzene rings is 2. The Morgan fingerprint density at radius 3 is 2.83 bits per heavy atom. The highest BCUT2D eigenvalue weighted by molar-refractivity contribution is 6.30. The van der Waals surface area contributed by atoms with Gasteiger partial charge in [-0.05, 0) is 24.3 Å². The summed E-state index contributed by atoms with van der Waals surface area (Å²) in [6.07, 6.45) is 1.81. The van der Waals surface area contributed by atoms with Crippen molar-refractivity contribution in [2.45, 2.75) is 6.61 Å². The number of aliphatic hydroxyl groups is 1. The lowest BCUT2D eigenvalue weighted by molar-refractivity contribution is 0.281. The van der Waals surface area contributed by atoms with E-state index in [1.165, 1.54) is 0 Å². The molecule has 4 heteroatoms. The zero-order valence-electron chi connectivity index (χ0n) is 9.55. The van der Waals surface area contributed by atoms with Crippen molar-refractivity contribution in [3.8, 4) is 5.69 Å². The van der Waals surface area contributed by atoms with E-state index in [1.54, 1.807) is 12.1 Å². The van der Waals surface area contributed by atoms with Crippen molar-refractivity contribution in [3.05, 3.63) is 59.2 Å². The lowest BCUT2D eigenvalue weighted by Crippen LogP contribution is -2.01. The zero-order chi connectivity index (χ0) is 12.5. The number of hydrogen-bond donors (Lipinski definition) is 1. The van der Waals surface area contributed by atoms with Crippen LogP contribution in [0.3, 0.4) is 0 Å². The molecule has 0 saturated carbocycles. The Morgan fingerprint density at radius 2 is 2.00 bits per heavy atom. The maximum Gasteiger partial charge on any atom is 0.0741 e. The van der Waals surface area contributed by atoms with Crippen LogP contribution in [-0.2, 0) is 6.61 Å². The summed E-state index contributed by atoms with van der Waals surface area (Å²) in [4.78, 5) is 0. The van der Waals surface area contributed by atoms with E-state index in [4.69, 9.17) is 11.6 Å². The second-order valence-corrected chi connectivity index (χ2v) is 4.48. The molecular weight excluding hydrogens is 248 g/mol. The molecule has 0 fully saturated rings. The van der Waals surface area contributed by atoms with Gasteiger partial charge in [0.2, 0.25) is 0 Å². The van der Waals surface area contributed by atoms with Gasteiger partial charge in [0.05, 0.1) is 24.0 Å². The standard InChI is InChI=1S/C14H11ClN2O/c15-12-5-6-14(11(7-12)9-18)17-13-4-2-1-3-10(13)8-16-17/h1-8,18H,9H2. The summed E-state index contributed by atoms with van der Waals surface area (Å²) in [5.74, 6) is 0. The second kappa shape index (κ2) is 4.44. The fraction of sp³-hybridized carbons (Fsp3) is 0.0714. The number of halogens is 1. The average Bonchev–Trinajstić information content (AvgIpc) is 2.82. The van der Waals surface area contributed by atoms with Gasteiger partial charge in [-0.1, -0.05) is 29.8 Å². The Hall–Kier alpha value is -1.84. The molecular formula is C14H11ClN2O. The van der Waals surface area contributed by atoms with Crippen LogP contribution in [0.25, 0.3) is 16.6 Å². The van der Waals surface area contributed by atoms with Crippen molar-refractivity contribution in [2.24, 2.45) is 0 Å². The van der Waals surface area contributed by atoms with Crippen molar-refractivity contribution in [1.82, 2.24) is 9.78 Å². The van der Waals surface area contributed by atoms with Crippen LogP contribution in [0.4, 0.5) is 0 Å². The highest BCUT2D eigenvalue weighted by atomic mass is 35.5. The normalized spacial score (nSPS) is 11.0. The van der Waals surface area contributed by atoms with Crippen LogP contribution in [0.1, 0.15) is 5.56 Å². The van der Waals surface area contributed by atoms with E-state index in [-0.39, 0.29) is 6.61 Å². The van der Waals surface area contributed by atoms with Gasteiger partial charge >= 0.3 is 0 Å². The highest BCUT2D eigenvalue weighted by Crippen LogP contribution is 2.23. The number of aliphatic hydroxyl groups excluding tert-OH is 1. The second-order valence-electron chi connectivity index (χ2n) is 4.05. The monoisotopic (exact) mass is 258 g/mol. The molecule has 18 heavy (non-hydrogen) atoms. The topological polar surface area (TPSA) is 38.0 Å². The Morgan fingerprint density at radius 1 is 1.17 bits per heavy atom. The summed E-state index contributed by atoms with van der Waals surface area (Å²) in [5.41, 5.74) is 2.62. The van der Waals surface area contributed by atoms with Crippen molar-refractivity contribution in [3.63, 3.8) is 0 Å². The summed E-state index contributed by atoms with van der Waals surface area (Å²) in [5, 5.41) is 15.5. The van der Waals surface area contributed by atoms with Gasteiger partial charge in [0.25, 0.3) is 0 Å². The quantitative estimate of drug-likeness (QED) is 0.767. The Bertz CT molecular complexity index is 706. The van der Waals surface area contributed by atoms with Gasteiger partial charge in [-0.15, -0.1) is 0 Å². The van der Waals surface area contributed by atoms with Crippen LogP contribution < -0.4 is 0 Å². The maximum absolute atomic E-state index is 9.41. The van der Waals surface area contributed by atoms with E-state index in [2.05, 4.69) is 5.10 Å². The highest BCUT2D eigenvalue weighted by Gasteiger charge is 2.08. The summed E-state index contributed by atoms with van der Waals surface area (Å²) >= 11 is 5.93. The summed E-state index contributed by atoms with van der Waals surface area (Å²) in [6, 6.07) is 13.4. The Labute approximate surface area is 109 Å². The van der Waals surface area contributed by atoms with Crippen LogP contribution >= 0.6 is 11.6 Å². The lowest BCUT2D eigenvalue weighted by Gasteiger charge is -2.09. The molecule has 90 valence electrons. The van der Waals surface area contributed by atoms with E-state index < -0.39 is 0 Å². The molecule has 1 aromatic heterocycles. The van der Waals surface area contributed by atoms with Crippen molar-refractivity contribution >= 4 is 22.5 Å². The van der Waals surface area contributed by atoms with E-state index in [9.17, 15) is 5.11 Å². The molecule has 0 amide bonds. The molecule has 3 nitrogen and oxygen atoms in total. The van der Waals surface area contributed by atoms with Crippen LogP contribution in [-0.4, -0.2) is 14.9 Å². The Balaban J connectivity index is 2.26. The minimum Gasteiger partial charge on any atom is -0.392 e. The number of nitrogens with zero attached hydrogens (tertiary/aromatic N) is 2. The van der Waals surface area contributed by atoms with E-state index in [0.717, 1.165) is 22.2 Å². The van der Waals surface area contributed by atoms with Crippen molar-refractivity contribution in [1.29, 1.82) is 0 Å². The first-order valence-corrected chi connectivity index (χ1v) is 6.00. The van der Waals surface area contributed by atoms with E-state index in [0.29, 0.717) is 5.02 Å². The molecule has 0 spiro atoms. The minimum atomic E-state index is -0.0654. The van der Waals surface area contributed by atoms with Crippen LogP contribution in [0.5, 0.6) is 0 Å². The first-order chi connectivity index (χ1) is 8.79. The summed E-state index contributed by atoms with van der Waals surface area (Å²) in [6.45, 7) is -0.0654. The molecule has 0 aliphatic heterocycles. The molecule has 1 heterocycles. The molecule has 3 rings (SSSR count). The van der Waals surface area contributed by atoms with Gasteiger partial charge in [-0.3, -0.25) is 0 Å². The minimum absolute atomic E-state index is 0.0654. The predicted octanol–water partition coefficient (Wildman–Crippen LogP) is 3.17. The van der Waals surface area contributed by atoms with Gasteiger partial charge < -0.3 is 5.11 Å². The number of aromatic nitrogens is 2. The van der Waals surface area contributed by atoms with Crippen LogP contribution in [0, 0.1) is 0 Å². The van der Waals surface area contributed by atoms with Gasteiger partial charge in [0, 0.05) is 16.0 Å². The third-order valence-corrected chi connectivity index (χ3v) is 3.15. The molecule has 1 N–H and O–H groups in total. The molecule has 3 aromatic rings. The van der Waals surface area contributed by atoms with Crippen LogP contribution in [0.2, 0.25) is 5.02 Å². The predicted molar refractivity (Wildman–Crippen MR) is 72.0 cm³/mol. The molecule has 0 radical (unpaired) electrons. The lowest BCUT2D eigenvalue weighted by atomic mass is 10.2. The van der Waals surface area contributed by atoms with Gasteiger partial charge in [-0.2, -0.15) is 5.10 Å². The number of para-hydroxylation sites is 1. The van der Waals surface area contributed by atoms with E-state index >= 15 is 0 Å². The molecule has 2 aromatic carbocycles. The van der Waals surface area contributed by atoms with Crippen LogP contribution in [0.15, 0.2) is 48.7 Å². The SMILES string of the molecule is OCc1cc(Cl)ccc1-n1ncc2ccccc21. The van der Waals surface area contributed by atoms with Crippen molar-refractivity contribution < 1.29 is 5.11 Å².